The van der Waals surface area contributed by atoms with Gasteiger partial charge in [-0.3, -0.25) is 0 Å². The van der Waals surface area contributed by atoms with Crippen LogP contribution in [0.5, 0.6) is 5.88 Å². The van der Waals surface area contributed by atoms with Crippen molar-refractivity contribution in [2.24, 2.45) is 0 Å². The van der Waals surface area contributed by atoms with Crippen molar-refractivity contribution in [3.05, 3.63) is 42.2 Å². The minimum absolute atomic E-state index is 0.131. The van der Waals surface area contributed by atoms with Gasteiger partial charge in [0.05, 0.1) is 17.8 Å². The van der Waals surface area contributed by atoms with Gasteiger partial charge in [-0.25, -0.2) is 14.4 Å². The molecular formula is C15H13FN4O. The molecule has 106 valence electrons. The maximum atomic E-state index is 13.3. The largest absolute Gasteiger partial charge is 0.476 e. The van der Waals surface area contributed by atoms with E-state index in [1.807, 2.05) is 6.92 Å². The Morgan fingerprint density at radius 1 is 1.14 bits per heavy atom. The van der Waals surface area contributed by atoms with Gasteiger partial charge in [0.25, 0.3) is 0 Å². The lowest BCUT2D eigenvalue weighted by molar-refractivity contribution is 0.330. The van der Waals surface area contributed by atoms with Crippen molar-refractivity contribution < 1.29 is 9.13 Å². The lowest BCUT2D eigenvalue weighted by Gasteiger charge is -2.08. The van der Waals surface area contributed by atoms with Crippen LogP contribution in [0.15, 0.2) is 36.4 Å². The van der Waals surface area contributed by atoms with Gasteiger partial charge in [-0.15, -0.1) is 0 Å². The summed E-state index contributed by atoms with van der Waals surface area (Å²) >= 11 is 0. The molecular weight excluding hydrogens is 271 g/mol. The second kappa shape index (κ2) is 5.32. The molecule has 3 aromatic rings. The average Bonchev–Trinajstić information content (AvgIpc) is 2.47. The molecule has 0 saturated carbocycles. The van der Waals surface area contributed by atoms with Crippen molar-refractivity contribution >= 4 is 17.0 Å². The highest BCUT2D eigenvalue weighted by atomic mass is 19.1. The maximum Gasteiger partial charge on any atom is 0.245 e. The van der Waals surface area contributed by atoms with Crippen LogP contribution in [-0.4, -0.2) is 21.6 Å². The Morgan fingerprint density at radius 3 is 2.76 bits per heavy atom. The van der Waals surface area contributed by atoms with Crippen LogP contribution in [0.3, 0.4) is 0 Å². The van der Waals surface area contributed by atoms with Gasteiger partial charge in [0.15, 0.2) is 5.52 Å². The number of ether oxygens (including phenoxy) is 1. The Morgan fingerprint density at radius 2 is 2.00 bits per heavy atom. The molecule has 0 spiro atoms. The van der Waals surface area contributed by atoms with Gasteiger partial charge < -0.3 is 10.5 Å². The van der Waals surface area contributed by atoms with Crippen LogP contribution in [0.2, 0.25) is 0 Å². The number of hydrogen-bond acceptors (Lipinski definition) is 5. The Balaban J connectivity index is 2.19. The third kappa shape index (κ3) is 2.60. The van der Waals surface area contributed by atoms with Gasteiger partial charge >= 0.3 is 0 Å². The molecule has 0 aliphatic heterocycles. The topological polar surface area (TPSA) is 73.9 Å². The number of aromatic nitrogens is 3. The molecule has 0 bridgehead atoms. The highest BCUT2D eigenvalue weighted by molar-refractivity contribution is 5.83. The molecule has 0 saturated heterocycles. The standard InChI is InChI=1S/C15H13FN4O/c1-2-21-14-13-12(19-15(17)20-14)7-6-11(18-13)9-4-3-5-10(16)8-9/h3-8H,2H2,1H3,(H2,17,19,20). The van der Waals surface area contributed by atoms with Gasteiger partial charge in [0.1, 0.15) is 5.82 Å². The van der Waals surface area contributed by atoms with Crippen molar-refractivity contribution in [1.29, 1.82) is 0 Å². The zero-order chi connectivity index (χ0) is 14.8. The summed E-state index contributed by atoms with van der Waals surface area (Å²) in [6.45, 7) is 2.29. The summed E-state index contributed by atoms with van der Waals surface area (Å²) in [6, 6.07) is 9.77. The van der Waals surface area contributed by atoms with E-state index >= 15 is 0 Å². The number of pyridine rings is 1. The maximum absolute atomic E-state index is 13.3. The molecule has 0 aliphatic carbocycles. The average molecular weight is 284 g/mol. The molecule has 2 aromatic heterocycles. The van der Waals surface area contributed by atoms with E-state index in [-0.39, 0.29) is 11.8 Å². The van der Waals surface area contributed by atoms with Crippen molar-refractivity contribution in [1.82, 2.24) is 15.0 Å². The van der Waals surface area contributed by atoms with Crippen LogP contribution in [0.4, 0.5) is 10.3 Å². The summed E-state index contributed by atoms with van der Waals surface area (Å²) in [5.41, 5.74) is 8.04. The van der Waals surface area contributed by atoms with Gasteiger partial charge in [-0.1, -0.05) is 12.1 Å². The van der Waals surface area contributed by atoms with Crippen LogP contribution in [0.1, 0.15) is 6.92 Å². The van der Waals surface area contributed by atoms with E-state index in [0.29, 0.717) is 34.8 Å². The van der Waals surface area contributed by atoms with Crippen molar-refractivity contribution in [3.63, 3.8) is 0 Å². The first kappa shape index (κ1) is 13.2. The lowest BCUT2D eigenvalue weighted by atomic mass is 10.1. The number of nitrogen functional groups attached to an aromatic ring is 1. The van der Waals surface area contributed by atoms with E-state index in [2.05, 4.69) is 15.0 Å². The van der Waals surface area contributed by atoms with Gasteiger partial charge in [-0.2, -0.15) is 4.98 Å². The second-order valence-electron chi connectivity index (χ2n) is 4.39. The third-order valence-corrected chi connectivity index (χ3v) is 2.93. The smallest absolute Gasteiger partial charge is 0.245 e. The lowest BCUT2D eigenvalue weighted by Crippen LogP contribution is -2.02. The number of fused-ring (bicyclic) bond motifs is 1. The summed E-state index contributed by atoms with van der Waals surface area (Å²) in [6.07, 6.45) is 0. The fourth-order valence-corrected chi connectivity index (χ4v) is 2.05. The van der Waals surface area contributed by atoms with E-state index in [0.717, 1.165) is 0 Å². The van der Waals surface area contributed by atoms with Gasteiger partial charge in [0, 0.05) is 5.56 Å². The molecule has 2 N–H and O–H groups in total. The molecule has 0 unspecified atom stereocenters. The molecule has 0 atom stereocenters. The normalized spacial score (nSPS) is 10.8. The minimum Gasteiger partial charge on any atom is -0.476 e. The summed E-state index contributed by atoms with van der Waals surface area (Å²) < 4.78 is 18.8. The molecule has 3 rings (SSSR count). The summed E-state index contributed by atoms with van der Waals surface area (Å²) in [4.78, 5) is 12.6. The third-order valence-electron chi connectivity index (χ3n) is 2.93. The SMILES string of the molecule is CCOc1nc(N)nc2ccc(-c3cccc(F)c3)nc12. The Hall–Kier alpha value is -2.76. The highest BCUT2D eigenvalue weighted by Gasteiger charge is 2.11. The molecule has 1 aromatic carbocycles. The highest BCUT2D eigenvalue weighted by Crippen LogP contribution is 2.26. The van der Waals surface area contributed by atoms with E-state index in [4.69, 9.17) is 10.5 Å². The van der Waals surface area contributed by atoms with Crippen LogP contribution in [-0.2, 0) is 0 Å². The molecule has 5 nitrogen and oxygen atoms in total. The zero-order valence-electron chi connectivity index (χ0n) is 11.4. The van der Waals surface area contributed by atoms with Crippen LogP contribution in [0.25, 0.3) is 22.3 Å². The number of nitrogens with zero attached hydrogens (tertiary/aromatic N) is 3. The number of nitrogens with two attached hydrogens (primary N) is 1. The monoisotopic (exact) mass is 284 g/mol. The zero-order valence-corrected chi connectivity index (χ0v) is 11.4. The van der Waals surface area contributed by atoms with Crippen LogP contribution < -0.4 is 10.5 Å². The van der Waals surface area contributed by atoms with Crippen molar-refractivity contribution in [2.45, 2.75) is 6.92 Å². The predicted molar refractivity (Wildman–Crippen MR) is 78.3 cm³/mol. The molecule has 0 aliphatic rings. The van der Waals surface area contributed by atoms with E-state index < -0.39 is 0 Å². The second-order valence-corrected chi connectivity index (χ2v) is 4.39. The molecule has 0 radical (unpaired) electrons. The molecule has 2 heterocycles. The van der Waals surface area contributed by atoms with Crippen LogP contribution >= 0.6 is 0 Å². The quantitative estimate of drug-likeness (QED) is 0.800. The molecule has 21 heavy (non-hydrogen) atoms. The van der Waals surface area contributed by atoms with Crippen molar-refractivity contribution in [2.75, 3.05) is 12.3 Å². The fourth-order valence-electron chi connectivity index (χ4n) is 2.05. The Labute approximate surface area is 120 Å². The molecule has 0 fully saturated rings. The van der Waals surface area contributed by atoms with Crippen LogP contribution in [0, 0.1) is 5.82 Å². The van der Waals surface area contributed by atoms with Gasteiger partial charge in [0.2, 0.25) is 11.8 Å². The number of anilines is 1. The Kier molecular flexibility index (Phi) is 3.35. The Bertz CT molecular complexity index is 807. The summed E-state index contributed by atoms with van der Waals surface area (Å²) in [5, 5.41) is 0. The number of halogens is 1. The number of hydrogen-bond donors (Lipinski definition) is 1. The minimum atomic E-state index is -0.312. The molecule has 6 heteroatoms. The molecule has 0 amide bonds. The van der Waals surface area contributed by atoms with Gasteiger partial charge in [-0.05, 0) is 31.2 Å². The first-order valence-corrected chi connectivity index (χ1v) is 6.50. The van der Waals surface area contributed by atoms with E-state index in [1.54, 1.807) is 24.3 Å². The predicted octanol–water partition coefficient (Wildman–Crippen LogP) is 2.81. The van der Waals surface area contributed by atoms with E-state index in [1.165, 1.54) is 12.1 Å². The fraction of sp³-hybridized carbons (Fsp3) is 0.133. The number of benzene rings is 1. The van der Waals surface area contributed by atoms with Crippen molar-refractivity contribution in [3.8, 4) is 17.1 Å². The summed E-state index contributed by atoms with van der Waals surface area (Å²) in [7, 11) is 0. The number of rotatable bonds is 3. The van der Waals surface area contributed by atoms with E-state index in [9.17, 15) is 4.39 Å². The first-order chi connectivity index (χ1) is 10.2. The summed E-state index contributed by atoms with van der Waals surface area (Å²) in [5.74, 6) is 0.150. The first-order valence-electron chi connectivity index (χ1n) is 6.50.